The second-order valence-electron chi connectivity index (χ2n) is 5.97. The minimum absolute atomic E-state index is 0.0871. The molecule has 0 aliphatic carbocycles. The van der Waals surface area contributed by atoms with E-state index in [1.807, 2.05) is 23.6 Å². The molecule has 1 aromatic rings. The summed E-state index contributed by atoms with van der Waals surface area (Å²) in [6.45, 7) is 8.59. The quantitative estimate of drug-likeness (QED) is 0.691. The number of thioether (sulfide) groups is 1. The summed E-state index contributed by atoms with van der Waals surface area (Å²) in [6, 6.07) is 6.17. The monoisotopic (exact) mass is 367 g/mol. The van der Waals surface area contributed by atoms with E-state index in [0.717, 1.165) is 31.1 Å². The fourth-order valence-electron chi connectivity index (χ4n) is 2.79. The van der Waals surface area contributed by atoms with Crippen LogP contribution in [-0.4, -0.2) is 78.1 Å². The Labute approximate surface area is 153 Å². The predicted octanol–water partition coefficient (Wildman–Crippen LogP) is 1.93. The van der Waals surface area contributed by atoms with Crippen molar-refractivity contribution in [2.75, 3.05) is 51.6 Å². The summed E-state index contributed by atoms with van der Waals surface area (Å²) in [6.07, 6.45) is 0. The molecule has 1 fully saturated rings. The Morgan fingerprint density at radius 2 is 1.68 bits per heavy atom. The zero-order chi connectivity index (χ0) is 18.2. The molecule has 2 rings (SSSR count). The summed E-state index contributed by atoms with van der Waals surface area (Å²) >= 11 is 1.42. The summed E-state index contributed by atoms with van der Waals surface area (Å²) in [7, 11) is 0. The van der Waals surface area contributed by atoms with Crippen LogP contribution in [0.4, 0.5) is 4.39 Å². The van der Waals surface area contributed by atoms with Crippen LogP contribution >= 0.6 is 11.8 Å². The van der Waals surface area contributed by atoms with E-state index in [1.54, 1.807) is 12.1 Å². The standard InChI is InChI=1S/C18H26FN3O2S/c1-3-21(4-2)17(23)13-20-9-11-22(12-10-20)18(24)14-25-16-7-5-15(19)6-8-16/h5-8H,3-4,9-14H2,1-2H3. The lowest BCUT2D eigenvalue weighted by atomic mass is 10.3. The van der Waals surface area contributed by atoms with Crippen LogP contribution in [0.5, 0.6) is 0 Å². The average molecular weight is 367 g/mol. The van der Waals surface area contributed by atoms with Gasteiger partial charge in [-0.3, -0.25) is 14.5 Å². The smallest absolute Gasteiger partial charge is 0.236 e. The van der Waals surface area contributed by atoms with Crippen LogP contribution < -0.4 is 0 Å². The van der Waals surface area contributed by atoms with E-state index in [4.69, 9.17) is 0 Å². The molecule has 0 bridgehead atoms. The van der Waals surface area contributed by atoms with Gasteiger partial charge < -0.3 is 9.80 Å². The number of likely N-dealkylation sites (N-methyl/N-ethyl adjacent to an activating group) is 1. The van der Waals surface area contributed by atoms with Gasteiger partial charge in [-0.1, -0.05) is 0 Å². The van der Waals surface area contributed by atoms with E-state index >= 15 is 0 Å². The zero-order valence-electron chi connectivity index (χ0n) is 14.9. The van der Waals surface area contributed by atoms with Gasteiger partial charge in [0.25, 0.3) is 0 Å². The summed E-state index contributed by atoms with van der Waals surface area (Å²) in [5.41, 5.74) is 0. The van der Waals surface area contributed by atoms with E-state index < -0.39 is 0 Å². The highest BCUT2D eigenvalue weighted by atomic mass is 32.2. The highest BCUT2D eigenvalue weighted by molar-refractivity contribution is 8.00. The summed E-state index contributed by atoms with van der Waals surface area (Å²) in [5, 5.41) is 0. The molecule has 0 atom stereocenters. The lowest BCUT2D eigenvalue weighted by Gasteiger charge is -2.35. The molecular formula is C18H26FN3O2S. The number of piperazine rings is 1. The maximum Gasteiger partial charge on any atom is 0.236 e. The molecule has 7 heteroatoms. The summed E-state index contributed by atoms with van der Waals surface area (Å²) in [4.78, 5) is 31.1. The third kappa shape index (κ3) is 6.01. The normalized spacial score (nSPS) is 15.2. The van der Waals surface area contributed by atoms with Gasteiger partial charge in [0.2, 0.25) is 11.8 Å². The highest BCUT2D eigenvalue weighted by Crippen LogP contribution is 2.19. The molecule has 1 aromatic carbocycles. The molecule has 138 valence electrons. The maximum atomic E-state index is 12.9. The van der Waals surface area contributed by atoms with E-state index in [9.17, 15) is 14.0 Å². The first kappa shape index (κ1) is 19.7. The highest BCUT2D eigenvalue weighted by Gasteiger charge is 2.23. The third-order valence-electron chi connectivity index (χ3n) is 4.38. The van der Waals surface area contributed by atoms with E-state index in [1.165, 1.54) is 23.9 Å². The number of rotatable bonds is 7. The Morgan fingerprint density at radius 1 is 1.08 bits per heavy atom. The van der Waals surface area contributed by atoms with E-state index in [-0.39, 0.29) is 17.6 Å². The molecule has 1 aliphatic rings. The largest absolute Gasteiger partial charge is 0.342 e. The minimum atomic E-state index is -0.272. The first-order chi connectivity index (χ1) is 12.0. The number of nitrogens with zero attached hydrogens (tertiary/aromatic N) is 3. The van der Waals surface area contributed by atoms with Crippen LogP contribution in [0.25, 0.3) is 0 Å². The van der Waals surface area contributed by atoms with Gasteiger partial charge in [-0.05, 0) is 38.1 Å². The maximum absolute atomic E-state index is 12.9. The van der Waals surface area contributed by atoms with Gasteiger partial charge in [-0.2, -0.15) is 0 Å². The fourth-order valence-corrected chi connectivity index (χ4v) is 3.59. The lowest BCUT2D eigenvalue weighted by Crippen LogP contribution is -2.52. The van der Waals surface area contributed by atoms with Crippen LogP contribution in [0.15, 0.2) is 29.2 Å². The molecule has 0 N–H and O–H groups in total. The van der Waals surface area contributed by atoms with Gasteiger partial charge in [-0.25, -0.2) is 4.39 Å². The van der Waals surface area contributed by atoms with E-state index in [2.05, 4.69) is 4.90 Å². The summed E-state index contributed by atoms with van der Waals surface area (Å²) in [5.74, 6) is 0.316. The van der Waals surface area contributed by atoms with Gasteiger partial charge in [0.05, 0.1) is 12.3 Å². The molecule has 0 radical (unpaired) electrons. The topological polar surface area (TPSA) is 43.9 Å². The number of benzene rings is 1. The van der Waals surface area contributed by atoms with Crippen molar-refractivity contribution in [1.29, 1.82) is 0 Å². The molecule has 2 amide bonds. The van der Waals surface area contributed by atoms with Crippen molar-refractivity contribution in [3.63, 3.8) is 0 Å². The Hall–Kier alpha value is -1.60. The number of hydrogen-bond donors (Lipinski definition) is 0. The van der Waals surface area contributed by atoms with Gasteiger partial charge in [0, 0.05) is 44.2 Å². The van der Waals surface area contributed by atoms with Crippen molar-refractivity contribution in [2.24, 2.45) is 0 Å². The molecule has 0 unspecified atom stereocenters. The Balaban J connectivity index is 1.72. The lowest BCUT2D eigenvalue weighted by molar-refractivity contribution is -0.133. The summed E-state index contributed by atoms with van der Waals surface area (Å²) < 4.78 is 12.9. The van der Waals surface area contributed by atoms with Crippen molar-refractivity contribution < 1.29 is 14.0 Å². The third-order valence-corrected chi connectivity index (χ3v) is 5.37. The number of hydrogen-bond acceptors (Lipinski definition) is 4. The van der Waals surface area contributed by atoms with E-state index in [0.29, 0.717) is 25.4 Å². The van der Waals surface area contributed by atoms with Crippen molar-refractivity contribution in [3.8, 4) is 0 Å². The molecule has 0 saturated carbocycles. The molecule has 1 heterocycles. The Bertz CT molecular complexity index is 570. The molecule has 0 spiro atoms. The second-order valence-corrected chi connectivity index (χ2v) is 7.01. The molecule has 1 aliphatic heterocycles. The molecule has 0 aromatic heterocycles. The molecule has 25 heavy (non-hydrogen) atoms. The molecule has 1 saturated heterocycles. The SMILES string of the molecule is CCN(CC)C(=O)CN1CCN(C(=O)CSc2ccc(F)cc2)CC1. The van der Waals surface area contributed by atoms with Crippen LogP contribution in [0.2, 0.25) is 0 Å². The van der Waals surface area contributed by atoms with Crippen molar-refractivity contribution in [2.45, 2.75) is 18.7 Å². The first-order valence-corrected chi connectivity index (χ1v) is 9.68. The van der Waals surface area contributed by atoms with Gasteiger partial charge in [-0.15, -0.1) is 11.8 Å². The second kappa shape index (κ2) is 9.77. The Kier molecular flexibility index (Phi) is 7.71. The number of amides is 2. The fraction of sp³-hybridized carbons (Fsp3) is 0.556. The number of carbonyl (C=O) groups is 2. The minimum Gasteiger partial charge on any atom is -0.342 e. The first-order valence-electron chi connectivity index (χ1n) is 8.69. The number of halogens is 1. The van der Waals surface area contributed by atoms with Gasteiger partial charge in [0.15, 0.2) is 0 Å². The van der Waals surface area contributed by atoms with Crippen LogP contribution in [0, 0.1) is 5.82 Å². The zero-order valence-corrected chi connectivity index (χ0v) is 15.7. The van der Waals surface area contributed by atoms with Gasteiger partial charge >= 0.3 is 0 Å². The van der Waals surface area contributed by atoms with Crippen LogP contribution in [-0.2, 0) is 9.59 Å². The van der Waals surface area contributed by atoms with Gasteiger partial charge in [0.1, 0.15) is 5.82 Å². The molecular weight excluding hydrogens is 341 g/mol. The molecule has 5 nitrogen and oxygen atoms in total. The van der Waals surface area contributed by atoms with Crippen molar-refractivity contribution >= 4 is 23.6 Å². The predicted molar refractivity (Wildman–Crippen MR) is 98.1 cm³/mol. The van der Waals surface area contributed by atoms with Crippen LogP contribution in [0.1, 0.15) is 13.8 Å². The van der Waals surface area contributed by atoms with Crippen LogP contribution in [0.3, 0.4) is 0 Å². The van der Waals surface area contributed by atoms with Crippen molar-refractivity contribution in [1.82, 2.24) is 14.7 Å². The Morgan fingerprint density at radius 3 is 2.24 bits per heavy atom. The number of carbonyl (C=O) groups excluding carboxylic acids is 2. The average Bonchev–Trinajstić information content (AvgIpc) is 2.62. The van der Waals surface area contributed by atoms with Crippen molar-refractivity contribution in [3.05, 3.63) is 30.1 Å².